The standard InChI is InChI=1S/C29H40N6/c1-3-5-7-9-11-13-19-29(20-14-12-10-8-6-4-2)27-21-23(32-34-30)15-17-25(27)26-18-16-24(33-35-31)22-28(26)29/h15-18,21-22H,3-14,19-20H2,1-2H3. The number of allylic oxidation sites excluding steroid dienone is 10. The molecule has 3 rings (SSSR count). The lowest BCUT2D eigenvalue weighted by Crippen LogP contribution is -2.25. The number of nitrogens with zero attached hydrogens (tertiary/aromatic N) is 6. The molecule has 0 atom stereocenters. The van der Waals surface area contributed by atoms with Crippen molar-refractivity contribution in [1.82, 2.24) is 0 Å². The fourth-order valence-corrected chi connectivity index (χ4v) is 5.78. The zero-order valence-electron chi connectivity index (χ0n) is 21.5. The normalized spacial score (nSPS) is 20.0. The summed E-state index contributed by atoms with van der Waals surface area (Å²) in [5.74, 6) is 0. The molecule has 0 bridgehead atoms. The molecule has 0 unspecified atom stereocenters. The minimum atomic E-state index is -0.137. The van der Waals surface area contributed by atoms with Crippen LogP contribution in [0.25, 0.3) is 10.6 Å². The van der Waals surface area contributed by atoms with Crippen molar-refractivity contribution in [3.05, 3.63) is 69.4 Å². The fraction of sp³-hybridized carbons (Fsp3) is 0.586. The highest BCUT2D eigenvalue weighted by molar-refractivity contribution is 6.10. The van der Waals surface area contributed by atoms with Gasteiger partial charge in [-0.25, -0.2) is 0 Å². The Balaban J connectivity index is 1.94. The van der Waals surface area contributed by atoms with Crippen molar-refractivity contribution in [3.8, 4) is 0 Å². The predicted octanol–water partition coefficient (Wildman–Crippen LogP) is 9.36. The third-order valence-corrected chi connectivity index (χ3v) is 7.56. The molecule has 0 heterocycles. The number of diazo groups is 1. The molecule has 0 N–H and O–H groups in total. The molecule has 0 aliphatic heterocycles. The predicted molar refractivity (Wildman–Crippen MR) is 146 cm³/mol. The van der Waals surface area contributed by atoms with Gasteiger partial charge in [0.1, 0.15) is 0 Å². The summed E-state index contributed by atoms with van der Waals surface area (Å²) in [5.41, 5.74) is 15.3. The van der Waals surface area contributed by atoms with Crippen molar-refractivity contribution < 1.29 is 0 Å². The molecule has 6 heteroatoms. The third kappa shape index (κ3) is 6.60. The van der Waals surface area contributed by atoms with Gasteiger partial charge in [-0.3, -0.25) is 5.22 Å². The maximum Gasteiger partial charge on any atom is 0.339 e. The Morgan fingerprint density at radius 2 is 1.20 bits per heavy atom. The summed E-state index contributed by atoms with van der Waals surface area (Å²) in [4.78, 5) is 0. The Morgan fingerprint density at radius 3 is 1.71 bits per heavy atom. The summed E-state index contributed by atoms with van der Waals surface area (Å²) in [7, 11) is 0. The van der Waals surface area contributed by atoms with Crippen LogP contribution in [0.3, 0.4) is 0 Å². The highest BCUT2D eigenvalue weighted by Crippen LogP contribution is 2.58. The fourth-order valence-electron chi connectivity index (χ4n) is 5.78. The maximum absolute atomic E-state index is 9.07. The van der Waals surface area contributed by atoms with E-state index in [9.17, 15) is 0 Å². The van der Waals surface area contributed by atoms with Gasteiger partial charge in [-0.2, -0.15) is 0 Å². The van der Waals surface area contributed by atoms with Crippen LogP contribution in [-0.4, -0.2) is 11.4 Å². The molecular weight excluding hydrogens is 432 g/mol. The van der Waals surface area contributed by atoms with Crippen LogP contribution in [0.2, 0.25) is 0 Å². The number of unbranched alkanes of at least 4 members (excludes halogenated alkanes) is 10. The van der Waals surface area contributed by atoms with Gasteiger partial charge in [0.15, 0.2) is 10.8 Å². The average molecular weight is 473 g/mol. The summed E-state index contributed by atoms with van der Waals surface area (Å²) in [6.45, 7) is 4.51. The van der Waals surface area contributed by atoms with Gasteiger partial charge in [-0.15, -0.1) is 0 Å². The molecule has 0 amide bonds. The van der Waals surface area contributed by atoms with Crippen molar-refractivity contribution in [2.75, 3.05) is 0 Å². The summed E-state index contributed by atoms with van der Waals surface area (Å²) < 4.78 is 0. The van der Waals surface area contributed by atoms with Crippen LogP contribution < -0.4 is 0 Å². The van der Waals surface area contributed by atoms with Gasteiger partial charge < -0.3 is 10.6 Å². The zero-order chi connectivity index (χ0) is 24.9. The Morgan fingerprint density at radius 1 is 0.714 bits per heavy atom. The molecule has 0 saturated heterocycles. The quantitative estimate of drug-likeness (QED) is 0.101. The lowest BCUT2D eigenvalue weighted by Gasteiger charge is -2.36. The van der Waals surface area contributed by atoms with E-state index in [0.717, 1.165) is 25.7 Å². The van der Waals surface area contributed by atoms with E-state index in [1.165, 1.54) is 86.5 Å². The maximum atomic E-state index is 9.07. The minimum absolute atomic E-state index is 0.137. The molecule has 0 saturated carbocycles. The highest BCUT2D eigenvalue weighted by Gasteiger charge is 2.46. The first kappa shape index (κ1) is 26.7. The van der Waals surface area contributed by atoms with Gasteiger partial charge in [-0.1, -0.05) is 115 Å². The van der Waals surface area contributed by atoms with E-state index < -0.39 is 0 Å². The van der Waals surface area contributed by atoms with Gasteiger partial charge in [0, 0.05) is 5.41 Å². The SMILES string of the molecule is CCCCCCCCC1(CCCCCCCC)C2=CC(=NN=[N-])C=CC2=C2C=CC(=N[N+]#N)C=C21. The lowest BCUT2D eigenvalue weighted by molar-refractivity contribution is 0.348. The molecule has 0 radical (unpaired) electrons. The number of fused-ring (bicyclic) bond motifs is 2. The largest absolute Gasteiger partial charge is 0.362 e. The Bertz CT molecular complexity index is 996. The molecule has 0 aromatic heterocycles. The van der Waals surface area contributed by atoms with Crippen LogP contribution in [0.1, 0.15) is 104 Å². The summed E-state index contributed by atoms with van der Waals surface area (Å²) in [6, 6.07) is 0. The van der Waals surface area contributed by atoms with Gasteiger partial charge >= 0.3 is 5.08 Å². The second kappa shape index (κ2) is 13.8. The van der Waals surface area contributed by atoms with E-state index in [4.69, 9.17) is 10.9 Å². The summed E-state index contributed by atoms with van der Waals surface area (Å²) >= 11 is 0. The number of hydrogen-bond acceptors (Lipinski definition) is 3. The van der Waals surface area contributed by atoms with Crippen molar-refractivity contribution in [3.63, 3.8) is 0 Å². The summed E-state index contributed by atoms with van der Waals surface area (Å²) in [5, 5.41) is 23.0. The Kier molecular flexibility index (Phi) is 10.5. The second-order valence-corrected chi connectivity index (χ2v) is 9.96. The first-order chi connectivity index (χ1) is 17.2. The second-order valence-electron chi connectivity index (χ2n) is 9.96. The van der Waals surface area contributed by atoms with Gasteiger partial charge in [0.05, 0.1) is 0 Å². The van der Waals surface area contributed by atoms with Crippen LogP contribution in [-0.2, 0) is 0 Å². The number of rotatable bonds is 15. The van der Waals surface area contributed by atoms with Crippen molar-refractivity contribution >= 4 is 11.4 Å². The molecule has 35 heavy (non-hydrogen) atoms. The first-order valence-electron chi connectivity index (χ1n) is 13.6. The smallest absolute Gasteiger partial charge is 0.339 e. The Labute approximate surface area is 210 Å². The molecular formula is C29H40N6. The van der Waals surface area contributed by atoms with Crippen LogP contribution in [0, 0.1) is 10.8 Å². The van der Waals surface area contributed by atoms with E-state index >= 15 is 0 Å². The van der Waals surface area contributed by atoms with Gasteiger partial charge in [0.25, 0.3) is 5.39 Å². The van der Waals surface area contributed by atoms with E-state index in [-0.39, 0.29) is 5.41 Å². The van der Waals surface area contributed by atoms with Crippen molar-refractivity contribution in [2.24, 2.45) is 20.8 Å². The van der Waals surface area contributed by atoms with Crippen LogP contribution in [0.4, 0.5) is 0 Å². The van der Waals surface area contributed by atoms with E-state index in [2.05, 4.69) is 58.7 Å². The van der Waals surface area contributed by atoms with E-state index in [1.54, 1.807) is 0 Å². The van der Waals surface area contributed by atoms with Gasteiger partial charge in [0.2, 0.25) is 0 Å². The zero-order valence-corrected chi connectivity index (χ0v) is 21.5. The van der Waals surface area contributed by atoms with E-state index in [1.807, 2.05) is 12.2 Å². The molecule has 186 valence electrons. The molecule has 0 fully saturated rings. The summed E-state index contributed by atoms with van der Waals surface area (Å²) in [6.07, 6.45) is 29.4. The highest BCUT2D eigenvalue weighted by atomic mass is 15.3. The third-order valence-electron chi connectivity index (χ3n) is 7.56. The van der Waals surface area contributed by atoms with Crippen LogP contribution in [0.5, 0.6) is 0 Å². The lowest BCUT2D eigenvalue weighted by atomic mass is 9.67. The molecule has 0 spiro atoms. The molecule has 0 aromatic rings. The molecule has 6 nitrogen and oxygen atoms in total. The van der Waals surface area contributed by atoms with Crippen molar-refractivity contribution in [2.45, 2.75) is 104 Å². The van der Waals surface area contributed by atoms with Crippen molar-refractivity contribution in [1.29, 1.82) is 5.39 Å². The Hall–Kier alpha value is -2.94. The molecule has 3 aliphatic carbocycles. The minimum Gasteiger partial charge on any atom is -0.362 e. The monoisotopic (exact) mass is 472 g/mol. The van der Waals surface area contributed by atoms with Gasteiger partial charge in [-0.05, 0) is 53.0 Å². The first-order valence-corrected chi connectivity index (χ1v) is 13.6. The number of hydrogen-bond donors (Lipinski definition) is 0. The molecule has 0 aromatic carbocycles. The van der Waals surface area contributed by atoms with Crippen LogP contribution in [0.15, 0.2) is 74.2 Å². The average Bonchev–Trinajstić information content (AvgIpc) is 3.13. The van der Waals surface area contributed by atoms with E-state index in [0.29, 0.717) is 11.4 Å². The van der Waals surface area contributed by atoms with Crippen LogP contribution >= 0.6 is 0 Å². The molecule has 3 aliphatic rings. The topological polar surface area (TPSA) is 87.5 Å².